The third-order valence-electron chi connectivity index (χ3n) is 2.80. The van der Waals surface area contributed by atoms with E-state index in [1.165, 1.54) is 0 Å². The molecule has 4 nitrogen and oxygen atoms in total. The number of nitrogens with zero attached hydrogens (tertiary/aromatic N) is 1. The van der Waals surface area contributed by atoms with Gasteiger partial charge < -0.3 is 14.6 Å². The fourth-order valence-corrected chi connectivity index (χ4v) is 1.50. The van der Waals surface area contributed by atoms with Gasteiger partial charge in [0.1, 0.15) is 0 Å². The van der Waals surface area contributed by atoms with Gasteiger partial charge in [0.15, 0.2) is 0 Å². The second kappa shape index (κ2) is 8.93. The predicted octanol–water partition coefficient (Wildman–Crippen LogP) is 0.987. The lowest BCUT2D eigenvalue weighted by Gasteiger charge is -2.31. The summed E-state index contributed by atoms with van der Waals surface area (Å²) < 4.78 is 10.2. The van der Waals surface area contributed by atoms with Gasteiger partial charge >= 0.3 is 0 Å². The highest BCUT2D eigenvalue weighted by atomic mass is 16.5. The highest BCUT2D eigenvalue weighted by molar-refractivity contribution is 4.72. The van der Waals surface area contributed by atoms with Crippen molar-refractivity contribution in [3.8, 4) is 0 Å². The van der Waals surface area contributed by atoms with E-state index >= 15 is 0 Å². The van der Waals surface area contributed by atoms with Crippen LogP contribution in [-0.4, -0.2) is 62.7 Å². The lowest BCUT2D eigenvalue weighted by atomic mass is 10.1. The van der Waals surface area contributed by atoms with Crippen LogP contribution in [0, 0.1) is 5.92 Å². The molecule has 16 heavy (non-hydrogen) atoms. The van der Waals surface area contributed by atoms with Gasteiger partial charge in [-0.05, 0) is 12.8 Å². The minimum Gasteiger partial charge on any atom is -0.392 e. The van der Waals surface area contributed by atoms with Crippen LogP contribution >= 0.6 is 0 Å². The van der Waals surface area contributed by atoms with E-state index in [0.29, 0.717) is 25.8 Å². The normalized spacial score (nSPS) is 15.8. The van der Waals surface area contributed by atoms with E-state index in [9.17, 15) is 5.11 Å². The van der Waals surface area contributed by atoms with E-state index in [1.807, 2.05) is 13.8 Å². The number of rotatable bonds is 9. The molecular formula is C12H27NO3. The van der Waals surface area contributed by atoms with Gasteiger partial charge in [-0.25, -0.2) is 0 Å². The van der Waals surface area contributed by atoms with Crippen molar-refractivity contribution in [2.24, 2.45) is 5.92 Å². The minimum absolute atomic E-state index is 0.278. The summed E-state index contributed by atoms with van der Waals surface area (Å²) in [6, 6.07) is 0.300. The van der Waals surface area contributed by atoms with Crippen LogP contribution in [0.2, 0.25) is 0 Å². The van der Waals surface area contributed by atoms with Crippen molar-refractivity contribution < 1.29 is 14.6 Å². The summed E-state index contributed by atoms with van der Waals surface area (Å²) in [5.74, 6) is 0.278. The number of hydrogen-bond acceptors (Lipinski definition) is 4. The Morgan fingerprint density at radius 2 is 1.75 bits per heavy atom. The fraction of sp³-hybridized carbons (Fsp3) is 1.00. The van der Waals surface area contributed by atoms with Crippen LogP contribution in [0.25, 0.3) is 0 Å². The van der Waals surface area contributed by atoms with Crippen molar-refractivity contribution >= 4 is 0 Å². The van der Waals surface area contributed by atoms with Crippen LogP contribution in [0.5, 0.6) is 0 Å². The van der Waals surface area contributed by atoms with Crippen molar-refractivity contribution in [1.82, 2.24) is 4.90 Å². The zero-order chi connectivity index (χ0) is 12.6. The van der Waals surface area contributed by atoms with Gasteiger partial charge in [0.05, 0.1) is 19.3 Å². The number of aliphatic hydroxyl groups excluding tert-OH is 1. The van der Waals surface area contributed by atoms with Gasteiger partial charge in [0, 0.05) is 33.4 Å². The maximum Gasteiger partial charge on any atom is 0.0690 e. The Kier molecular flexibility index (Phi) is 8.84. The maximum atomic E-state index is 9.89. The molecule has 2 unspecified atom stereocenters. The topological polar surface area (TPSA) is 41.9 Å². The molecule has 0 saturated carbocycles. The first-order valence-electron chi connectivity index (χ1n) is 5.92. The molecule has 1 N–H and O–H groups in total. The van der Waals surface area contributed by atoms with Crippen molar-refractivity contribution in [3.05, 3.63) is 0 Å². The predicted molar refractivity (Wildman–Crippen MR) is 65.6 cm³/mol. The molecule has 0 radical (unpaired) electrons. The maximum absolute atomic E-state index is 9.89. The average Bonchev–Trinajstić information content (AvgIpc) is 2.23. The molecule has 0 fully saturated rings. The second-order valence-corrected chi connectivity index (χ2v) is 4.60. The van der Waals surface area contributed by atoms with Crippen LogP contribution in [0.4, 0.5) is 0 Å². The molecule has 0 aromatic heterocycles. The monoisotopic (exact) mass is 233 g/mol. The third-order valence-corrected chi connectivity index (χ3v) is 2.80. The molecule has 0 bridgehead atoms. The Hall–Kier alpha value is -0.160. The molecule has 0 rings (SSSR count). The molecule has 2 atom stereocenters. The lowest BCUT2D eigenvalue weighted by Crippen LogP contribution is -2.44. The lowest BCUT2D eigenvalue weighted by molar-refractivity contribution is 0.0240. The van der Waals surface area contributed by atoms with Gasteiger partial charge in [0.25, 0.3) is 0 Å². The van der Waals surface area contributed by atoms with Crippen LogP contribution in [0.15, 0.2) is 0 Å². The van der Waals surface area contributed by atoms with Crippen molar-refractivity contribution in [2.75, 3.05) is 40.5 Å². The van der Waals surface area contributed by atoms with E-state index in [2.05, 4.69) is 11.8 Å². The molecular weight excluding hydrogens is 206 g/mol. The molecule has 0 spiro atoms. The Morgan fingerprint density at radius 3 is 2.19 bits per heavy atom. The summed E-state index contributed by atoms with van der Waals surface area (Å²) in [4.78, 5) is 2.21. The first kappa shape index (κ1) is 15.8. The number of methoxy groups -OCH3 is 2. The number of ether oxygens (including phenoxy) is 2. The second-order valence-electron chi connectivity index (χ2n) is 4.60. The molecule has 0 aliphatic rings. The van der Waals surface area contributed by atoms with Crippen LogP contribution in [0.1, 0.15) is 20.8 Å². The first-order valence-corrected chi connectivity index (χ1v) is 5.92. The summed E-state index contributed by atoms with van der Waals surface area (Å²) in [6.45, 7) is 9.01. The summed E-state index contributed by atoms with van der Waals surface area (Å²) >= 11 is 0. The third kappa shape index (κ3) is 6.43. The van der Waals surface area contributed by atoms with Crippen LogP contribution in [-0.2, 0) is 9.47 Å². The Bertz CT molecular complexity index is 164. The molecule has 0 aliphatic carbocycles. The van der Waals surface area contributed by atoms with Gasteiger partial charge in [0.2, 0.25) is 0 Å². The first-order chi connectivity index (χ1) is 7.52. The van der Waals surface area contributed by atoms with Gasteiger partial charge in [-0.1, -0.05) is 13.8 Å². The van der Waals surface area contributed by atoms with E-state index in [4.69, 9.17) is 9.47 Å². The average molecular weight is 233 g/mol. The zero-order valence-corrected chi connectivity index (χ0v) is 11.3. The minimum atomic E-state index is -0.295. The zero-order valence-electron chi connectivity index (χ0n) is 11.3. The van der Waals surface area contributed by atoms with E-state index in [1.54, 1.807) is 14.2 Å². The quantitative estimate of drug-likeness (QED) is 0.645. The molecule has 0 aliphatic heterocycles. The Morgan fingerprint density at radius 1 is 1.12 bits per heavy atom. The van der Waals surface area contributed by atoms with E-state index in [0.717, 1.165) is 6.54 Å². The van der Waals surface area contributed by atoms with Gasteiger partial charge in [-0.15, -0.1) is 0 Å². The van der Waals surface area contributed by atoms with E-state index < -0.39 is 0 Å². The fourth-order valence-electron chi connectivity index (χ4n) is 1.50. The molecule has 4 heteroatoms. The highest BCUT2D eigenvalue weighted by Crippen LogP contribution is 2.07. The van der Waals surface area contributed by atoms with Crippen molar-refractivity contribution in [1.29, 1.82) is 0 Å². The van der Waals surface area contributed by atoms with E-state index in [-0.39, 0.29) is 12.0 Å². The smallest absolute Gasteiger partial charge is 0.0690 e. The van der Waals surface area contributed by atoms with Crippen LogP contribution in [0.3, 0.4) is 0 Å². The summed E-state index contributed by atoms with van der Waals surface area (Å²) in [5, 5.41) is 9.89. The SMILES string of the molecule is COCCN(CC(O)C(C)C)C(C)COC. The van der Waals surface area contributed by atoms with Crippen molar-refractivity contribution in [2.45, 2.75) is 32.9 Å². The number of hydrogen-bond donors (Lipinski definition) is 1. The largest absolute Gasteiger partial charge is 0.392 e. The van der Waals surface area contributed by atoms with Crippen molar-refractivity contribution in [3.63, 3.8) is 0 Å². The molecule has 0 aromatic carbocycles. The number of aliphatic hydroxyl groups is 1. The summed E-state index contributed by atoms with van der Waals surface area (Å²) in [7, 11) is 3.39. The molecule has 0 amide bonds. The molecule has 98 valence electrons. The molecule has 0 aromatic rings. The van der Waals surface area contributed by atoms with Gasteiger partial charge in [-0.3, -0.25) is 4.90 Å². The summed E-state index contributed by atoms with van der Waals surface area (Å²) in [6.07, 6.45) is -0.295. The Labute approximate surface area is 99.5 Å². The van der Waals surface area contributed by atoms with Crippen LogP contribution < -0.4 is 0 Å². The summed E-state index contributed by atoms with van der Waals surface area (Å²) in [5.41, 5.74) is 0. The Balaban J connectivity index is 4.18. The molecule has 0 saturated heterocycles. The molecule has 0 heterocycles. The van der Waals surface area contributed by atoms with Gasteiger partial charge in [-0.2, -0.15) is 0 Å². The highest BCUT2D eigenvalue weighted by Gasteiger charge is 2.19. The standard InChI is InChI=1S/C12H27NO3/c1-10(2)12(14)8-13(6-7-15-4)11(3)9-16-5/h10-12,14H,6-9H2,1-5H3.